The minimum absolute atomic E-state index is 0.00444. The largest absolute Gasteiger partial charge is 0.397 e. The van der Waals surface area contributed by atoms with Crippen LogP contribution in [-0.4, -0.2) is 5.11 Å². The minimum atomic E-state index is 0.00444. The molecule has 0 aliphatic carbocycles. The third-order valence-electron chi connectivity index (χ3n) is 1.33. The Bertz CT molecular complexity index is 236. The van der Waals surface area contributed by atoms with Gasteiger partial charge in [0.2, 0.25) is 0 Å². The van der Waals surface area contributed by atoms with Crippen LogP contribution in [0.1, 0.15) is 19.4 Å². The molecular formula is C9H16N2O. The van der Waals surface area contributed by atoms with Crippen molar-refractivity contribution in [3.63, 3.8) is 0 Å². The summed E-state index contributed by atoms with van der Waals surface area (Å²) in [4.78, 5) is 0. The van der Waals surface area contributed by atoms with Crippen LogP contribution in [-0.2, 0) is 6.61 Å². The average molecular weight is 168 g/mol. The summed E-state index contributed by atoms with van der Waals surface area (Å²) in [6.07, 6.45) is 0. The molecule has 0 fully saturated rings. The molecule has 0 saturated heterocycles. The van der Waals surface area contributed by atoms with E-state index in [1.54, 1.807) is 18.2 Å². The number of aliphatic hydroxyl groups excluding tert-OH is 1. The first-order valence-corrected chi connectivity index (χ1v) is 3.99. The van der Waals surface area contributed by atoms with E-state index < -0.39 is 0 Å². The summed E-state index contributed by atoms with van der Waals surface area (Å²) < 4.78 is 0. The van der Waals surface area contributed by atoms with Crippen molar-refractivity contribution in [1.82, 2.24) is 0 Å². The fourth-order valence-electron chi connectivity index (χ4n) is 0.723. The number of nitrogen functional groups attached to an aromatic ring is 2. The average Bonchev–Trinajstić information content (AvgIpc) is 2.13. The lowest BCUT2D eigenvalue weighted by Gasteiger charge is -2.00. The molecule has 0 atom stereocenters. The number of benzene rings is 1. The lowest BCUT2D eigenvalue weighted by molar-refractivity contribution is 0.282. The second-order valence-corrected chi connectivity index (χ2v) is 2.12. The summed E-state index contributed by atoms with van der Waals surface area (Å²) in [6.45, 7) is 4.00. The molecule has 0 unspecified atom stereocenters. The first-order valence-electron chi connectivity index (χ1n) is 3.99. The Morgan fingerprint density at radius 1 is 1.17 bits per heavy atom. The maximum atomic E-state index is 8.66. The van der Waals surface area contributed by atoms with Crippen LogP contribution in [0.4, 0.5) is 11.4 Å². The molecule has 0 saturated carbocycles. The van der Waals surface area contributed by atoms with E-state index in [9.17, 15) is 0 Å². The molecule has 68 valence electrons. The summed E-state index contributed by atoms with van der Waals surface area (Å²) in [5, 5.41) is 8.66. The topological polar surface area (TPSA) is 72.3 Å². The molecule has 3 heteroatoms. The number of aliphatic hydroxyl groups is 1. The van der Waals surface area contributed by atoms with Gasteiger partial charge in [-0.15, -0.1) is 0 Å². The van der Waals surface area contributed by atoms with Crippen LogP contribution in [0.3, 0.4) is 0 Å². The van der Waals surface area contributed by atoms with Crippen molar-refractivity contribution < 1.29 is 5.11 Å². The van der Waals surface area contributed by atoms with Gasteiger partial charge in [-0.05, 0) is 17.7 Å². The smallest absolute Gasteiger partial charge is 0.0682 e. The van der Waals surface area contributed by atoms with E-state index in [4.69, 9.17) is 16.6 Å². The standard InChI is InChI=1S/C7H10N2O.C2H6/c8-6-2-1-5(4-10)3-7(6)9;1-2/h1-3,10H,4,8-9H2;1-2H3. The molecule has 1 aromatic rings. The first-order chi connectivity index (χ1) is 5.74. The zero-order valence-electron chi connectivity index (χ0n) is 7.54. The molecule has 0 amide bonds. The molecule has 0 spiro atoms. The van der Waals surface area contributed by atoms with E-state index in [-0.39, 0.29) is 6.61 Å². The third kappa shape index (κ3) is 2.80. The molecule has 1 aromatic carbocycles. The number of nitrogens with two attached hydrogens (primary N) is 2. The van der Waals surface area contributed by atoms with Crippen LogP contribution in [0.15, 0.2) is 18.2 Å². The summed E-state index contributed by atoms with van der Waals surface area (Å²) in [5.41, 5.74) is 12.8. The fourth-order valence-corrected chi connectivity index (χ4v) is 0.723. The highest BCUT2D eigenvalue weighted by molar-refractivity contribution is 5.63. The molecule has 12 heavy (non-hydrogen) atoms. The Labute approximate surface area is 73.0 Å². The SMILES string of the molecule is CC.Nc1ccc(CO)cc1N. The van der Waals surface area contributed by atoms with Crippen LogP contribution < -0.4 is 11.5 Å². The van der Waals surface area contributed by atoms with Crippen molar-refractivity contribution in [2.24, 2.45) is 0 Å². The zero-order chi connectivity index (χ0) is 9.56. The highest BCUT2D eigenvalue weighted by atomic mass is 16.3. The molecule has 0 heterocycles. The zero-order valence-corrected chi connectivity index (χ0v) is 7.54. The van der Waals surface area contributed by atoms with Gasteiger partial charge in [-0.25, -0.2) is 0 Å². The van der Waals surface area contributed by atoms with Gasteiger partial charge >= 0.3 is 0 Å². The fraction of sp³-hybridized carbons (Fsp3) is 0.333. The molecule has 0 aliphatic heterocycles. The third-order valence-corrected chi connectivity index (χ3v) is 1.33. The maximum absolute atomic E-state index is 8.66. The van der Waals surface area contributed by atoms with E-state index in [2.05, 4.69) is 0 Å². The van der Waals surface area contributed by atoms with Gasteiger partial charge in [0.1, 0.15) is 0 Å². The second kappa shape index (κ2) is 5.43. The van der Waals surface area contributed by atoms with Crippen LogP contribution in [0.5, 0.6) is 0 Å². The predicted octanol–water partition coefficient (Wildman–Crippen LogP) is 1.37. The predicted molar refractivity (Wildman–Crippen MR) is 52.5 cm³/mol. The normalized spacial score (nSPS) is 8.58. The summed E-state index contributed by atoms with van der Waals surface area (Å²) >= 11 is 0. The van der Waals surface area contributed by atoms with Crippen molar-refractivity contribution in [3.8, 4) is 0 Å². The Morgan fingerprint density at radius 3 is 2.17 bits per heavy atom. The van der Waals surface area contributed by atoms with E-state index in [0.717, 1.165) is 5.56 Å². The van der Waals surface area contributed by atoms with Gasteiger partial charge in [-0.1, -0.05) is 19.9 Å². The maximum Gasteiger partial charge on any atom is 0.0682 e. The van der Waals surface area contributed by atoms with Gasteiger partial charge in [0.25, 0.3) is 0 Å². The molecular weight excluding hydrogens is 152 g/mol. The van der Waals surface area contributed by atoms with Crippen molar-refractivity contribution in [1.29, 1.82) is 0 Å². The molecule has 0 bridgehead atoms. The van der Waals surface area contributed by atoms with Gasteiger partial charge in [0, 0.05) is 0 Å². The minimum Gasteiger partial charge on any atom is -0.397 e. The molecule has 1 rings (SSSR count). The van der Waals surface area contributed by atoms with Gasteiger partial charge in [0.05, 0.1) is 18.0 Å². The van der Waals surface area contributed by atoms with E-state index in [1.807, 2.05) is 13.8 Å². The van der Waals surface area contributed by atoms with Gasteiger partial charge in [-0.2, -0.15) is 0 Å². The van der Waals surface area contributed by atoms with Crippen molar-refractivity contribution in [2.75, 3.05) is 11.5 Å². The lowest BCUT2D eigenvalue weighted by Crippen LogP contribution is -1.95. The molecule has 3 nitrogen and oxygen atoms in total. The Morgan fingerprint density at radius 2 is 1.75 bits per heavy atom. The monoisotopic (exact) mass is 168 g/mol. The number of hydrogen-bond donors (Lipinski definition) is 3. The van der Waals surface area contributed by atoms with Crippen molar-refractivity contribution in [2.45, 2.75) is 20.5 Å². The summed E-state index contributed by atoms with van der Waals surface area (Å²) in [5.74, 6) is 0. The quantitative estimate of drug-likeness (QED) is 0.554. The van der Waals surface area contributed by atoms with Crippen LogP contribution >= 0.6 is 0 Å². The Kier molecular flexibility index (Phi) is 4.88. The lowest BCUT2D eigenvalue weighted by atomic mass is 10.2. The van der Waals surface area contributed by atoms with Gasteiger partial charge in [-0.3, -0.25) is 0 Å². The molecule has 0 aromatic heterocycles. The van der Waals surface area contributed by atoms with Crippen LogP contribution in [0.2, 0.25) is 0 Å². The van der Waals surface area contributed by atoms with E-state index in [0.29, 0.717) is 11.4 Å². The summed E-state index contributed by atoms with van der Waals surface area (Å²) in [7, 11) is 0. The first kappa shape index (κ1) is 10.8. The second-order valence-electron chi connectivity index (χ2n) is 2.12. The van der Waals surface area contributed by atoms with Crippen molar-refractivity contribution in [3.05, 3.63) is 23.8 Å². The molecule has 0 aliphatic rings. The molecule has 0 radical (unpaired) electrons. The van der Waals surface area contributed by atoms with Gasteiger partial charge in [0.15, 0.2) is 0 Å². The number of hydrogen-bond acceptors (Lipinski definition) is 3. The number of anilines is 2. The van der Waals surface area contributed by atoms with Crippen LogP contribution in [0, 0.1) is 0 Å². The van der Waals surface area contributed by atoms with Crippen LogP contribution in [0.25, 0.3) is 0 Å². The Hall–Kier alpha value is -1.22. The highest BCUT2D eigenvalue weighted by Gasteiger charge is 1.94. The van der Waals surface area contributed by atoms with Gasteiger partial charge < -0.3 is 16.6 Å². The van der Waals surface area contributed by atoms with E-state index >= 15 is 0 Å². The highest BCUT2D eigenvalue weighted by Crippen LogP contribution is 2.15. The summed E-state index contributed by atoms with van der Waals surface area (Å²) in [6, 6.07) is 5.09. The van der Waals surface area contributed by atoms with Crippen molar-refractivity contribution >= 4 is 11.4 Å². The number of rotatable bonds is 1. The van der Waals surface area contributed by atoms with E-state index in [1.165, 1.54) is 0 Å². The molecule has 5 N–H and O–H groups in total. The Balaban J connectivity index is 0.000000561.